The van der Waals surface area contributed by atoms with Gasteiger partial charge in [-0.1, -0.05) is 0 Å². The smallest absolute Gasteiger partial charge is 0.225 e. The van der Waals surface area contributed by atoms with Crippen LogP contribution >= 0.6 is 0 Å². The first-order chi connectivity index (χ1) is 11.3. The maximum Gasteiger partial charge on any atom is 0.225 e. The third kappa shape index (κ3) is 2.83. The van der Waals surface area contributed by atoms with Gasteiger partial charge >= 0.3 is 0 Å². The molecule has 4 heterocycles. The summed E-state index contributed by atoms with van der Waals surface area (Å²) in [4.78, 5) is 13.8. The highest BCUT2D eigenvalue weighted by atomic mass is 15.3. The molecule has 2 saturated heterocycles. The number of aryl methyl sites for hydroxylation is 1. The zero-order valence-electron chi connectivity index (χ0n) is 13.7. The molecule has 0 unspecified atom stereocenters. The molecule has 2 aromatic heterocycles. The Bertz CT molecular complexity index is 644. The summed E-state index contributed by atoms with van der Waals surface area (Å²) in [6.45, 7) is 4.33. The van der Waals surface area contributed by atoms with Gasteiger partial charge in [0, 0.05) is 56.4 Å². The molecule has 0 atom stereocenters. The first kappa shape index (κ1) is 14.6. The van der Waals surface area contributed by atoms with Gasteiger partial charge in [0.1, 0.15) is 0 Å². The van der Waals surface area contributed by atoms with Crippen LogP contribution in [0.1, 0.15) is 31.2 Å². The Labute approximate surface area is 137 Å². The molecule has 4 rings (SSSR count). The third-order valence-electron chi connectivity index (χ3n) is 5.40. The summed E-state index contributed by atoms with van der Waals surface area (Å²) in [5.74, 6) is 0.874. The van der Waals surface area contributed by atoms with Crippen molar-refractivity contribution in [3.05, 3.63) is 36.4 Å². The number of anilines is 1. The molecule has 0 N–H and O–H groups in total. The lowest BCUT2D eigenvalue weighted by molar-refractivity contribution is 0.0994. The quantitative estimate of drug-likeness (QED) is 0.865. The van der Waals surface area contributed by atoms with E-state index in [1.165, 1.54) is 37.8 Å². The highest BCUT2D eigenvalue weighted by molar-refractivity contribution is 5.30. The lowest BCUT2D eigenvalue weighted by atomic mass is 9.85. The molecule has 6 heteroatoms. The van der Waals surface area contributed by atoms with Gasteiger partial charge in [-0.25, -0.2) is 9.97 Å². The minimum Gasteiger partial charge on any atom is -0.341 e. The summed E-state index contributed by atoms with van der Waals surface area (Å²) in [7, 11) is 1.99. The van der Waals surface area contributed by atoms with Crippen molar-refractivity contribution in [2.24, 2.45) is 7.05 Å². The molecule has 0 radical (unpaired) electrons. The van der Waals surface area contributed by atoms with E-state index in [0.717, 1.165) is 25.6 Å². The van der Waals surface area contributed by atoms with Crippen molar-refractivity contribution in [3.8, 4) is 0 Å². The minimum atomic E-state index is 0.362. The second kappa shape index (κ2) is 5.92. The monoisotopic (exact) mass is 312 g/mol. The normalized spacial score (nSPS) is 21.2. The van der Waals surface area contributed by atoms with Crippen molar-refractivity contribution >= 4 is 5.95 Å². The van der Waals surface area contributed by atoms with Crippen molar-refractivity contribution in [2.45, 2.75) is 37.8 Å². The molecule has 23 heavy (non-hydrogen) atoms. The molecule has 0 bridgehead atoms. The van der Waals surface area contributed by atoms with Crippen LogP contribution in [0.3, 0.4) is 0 Å². The van der Waals surface area contributed by atoms with Crippen LogP contribution in [0, 0.1) is 0 Å². The highest BCUT2D eigenvalue weighted by Crippen LogP contribution is 2.39. The number of rotatable bonds is 3. The number of hydrogen-bond donors (Lipinski definition) is 0. The fourth-order valence-electron chi connectivity index (χ4n) is 4.16. The average Bonchev–Trinajstić information content (AvgIpc) is 3.17. The molecule has 0 aliphatic carbocycles. The molecular formula is C17H24N6. The van der Waals surface area contributed by atoms with Crippen LogP contribution in [0.4, 0.5) is 5.95 Å². The standard InChI is InChI=1S/C17H24N6/c1-21-13-15(12-20-21)14-23-9-2-4-17(23)5-10-22(11-6-17)16-18-7-3-8-19-16/h3,7-8,12-13H,2,4-6,9-11,14H2,1H3. The highest BCUT2D eigenvalue weighted by Gasteiger charge is 2.43. The van der Waals surface area contributed by atoms with Crippen molar-refractivity contribution in [2.75, 3.05) is 24.5 Å². The summed E-state index contributed by atoms with van der Waals surface area (Å²) in [6.07, 6.45) is 12.8. The van der Waals surface area contributed by atoms with E-state index < -0.39 is 0 Å². The van der Waals surface area contributed by atoms with E-state index in [1.807, 2.05) is 36.4 Å². The molecule has 122 valence electrons. The van der Waals surface area contributed by atoms with E-state index in [2.05, 4.69) is 31.1 Å². The van der Waals surface area contributed by atoms with Crippen LogP contribution in [0.15, 0.2) is 30.9 Å². The van der Waals surface area contributed by atoms with Crippen molar-refractivity contribution in [3.63, 3.8) is 0 Å². The molecular weight excluding hydrogens is 288 g/mol. The maximum atomic E-state index is 4.40. The van der Waals surface area contributed by atoms with E-state index in [4.69, 9.17) is 0 Å². The first-order valence-electron chi connectivity index (χ1n) is 8.50. The minimum absolute atomic E-state index is 0.362. The van der Waals surface area contributed by atoms with Gasteiger partial charge in [-0.15, -0.1) is 0 Å². The molecule has 2 aromatic rings. The second-order valence-corrected chi connectivity index (χ2v) is 6.81. The fourth-order valence-corrected chi connectivity index (χ4v) is 4.16. The molecule has 2 fully saturated rings. The van der Waals surface area contributed by atoms with Gasteiger partial charge in [0.05, 0.1) is 6.20 Å². The van der Waals surface area contributed by atoms with Gasteiger partial charge in [0.25, 0.3) is 0 Å². The Morgan fingerprint density at radius 2 is 1.87 bits per heavy atom. The Balaban J connectivity index is 1.44. The molecule has 2 aliphatic rings. The van der Waals surface area contributed by atoms with Crippen LogP contribution in [0.5, 0.6) is 0 Å². The number of nitrogens with zero attached hydrogens (tertiary/aromatic N) is 6. The molecule has 1 spiro atoms. The summed E-state index contributed by atoms with van der Waals surface area (Å²) < 4.78 is 1.90. The number of aromatic nitrogens is 4. The Morgan fingerprint density at radius 3 is 2.57 bits per heavy atom. The molecule has 0 aromatic carbocycles. The summed E-state index contributed by atoms with van der Waals surface area (Å²) in [5, 5.41) is 4.31. The summed E-state index contributed by atoms with van der Waals surface area (Å²) >= 11 is 0. The summed E-state index contributed by atoms with van der Waals surface area (Å²) in [6, 6.07) is 1.88. The zero-order chi connectivity index (χ0) is 15.7. The van der Waals surface area contributed by atoms with Crippen LogP contribution in [0.25, 0.3) is 0 Å². The number of likely N-dealkylation sites (tertiary alicyclic amines) is 1. The molecule has 0 amide bonds. The predicted molar refractivity (Wildman–Crippen MR) is 89.1 cm³/mol. The SMILES string of the molecule is Cn1cc(CN2CCCC23CCN(c2ncccn2)CC3)cn1. The first-order valence-corrected chi connectivity index (χ1v) is 8.50. The van der Waals surface area contributed by atoms with E-state index in [1.54, 1.807) is 0 Å². The second-order valence-electron chi connectivity index (χ2n) is 6.81. The Hall–Kier alpha value is -1.95. The predicted octanol–water partition coefficient (Wildman–Crippen LogP) is 1.85. The topological polar surface area (TPSA) is 50.1 Å². The van der Waals surface area contributed by atoms with E-state index in [-0.39, 0.29) is 0 Å². The van der Waals surface area contributed by atoms with Crippen molar-refractivity contribution in [1.82, 2.24) is 24.6 Å². The summed E-state index contributed by atoms with van der Waals surface area (Å²) in [5.41, 5.74) is 1.68. The van der Waals surface area contributed by atoms with Crippen LogP contribution in [-0.4, -0.2) is 49.8 Å². The maximum absolute atomic E-state index is 4.40. The van der Waals surface area contributed by atoms with Gasteiger partial charge < -0.3 is 4.90 Å². The van der Waals surface area contributed by atoms with Crippen LogP contribution < -0.4 is 4.90 Å². The molecule has 2 aliphatic heterocycles. The van der Waals surface area contributed by atoms with Gasteiger partial charge in [0.2, 0.25) is 5.95 Å². The number of hydrogen-bond acceptors (Lipinski definition) is 5. The average molecular weight is 312 g/mol. The van der Waals surface area contributed by atoms with Crippen LogP contribution in [-0.2, 0) is 13.6 Å². The van der Waals surface area contributed by atoms with E-state index in [0.29, 0.717) is 5.54 Å². The van der Waals surface area contributed by atoms with Crippen LogP contribution in [0.2, 0.25) is 0 Å². The van der Waals surface area contributed by atoms with Gasteiger partial charge in [0.15, 0.2) is 0 Å². The van der Waals surface area contributed by atoms with Gasteiger partial charge in [-0.2, -0.15) is 5.10 Å². The van der Waals surface area contributed by atoms with Gasteiger partial charge in [-0.3, -0.25) is 9.58 Å². The largest absolute Gasteiger partial charge is 0.341 e. The van der Waals surface area contributed by atoms with Crippen molar-refractivity contribution in [1.29, 1.82) is 0 Å². The Morgan fingerprint density at radius 1 is 1.09 bits per heavy atom. The zero-order valence-corrected chi connectivity index (χ0v) is 13.7. The lowest BCUT2D eigenvalue weighted by Gasteiger charge is -2.45. The van der Waals surface area contributed by atoms with Gasteiger partial charge in [-0.05, 0) is 38.3 Å². The Kier molecular flexibility index (Phi) is 3.77. The molecule has 6 nitrogen and oxygen atoms in total. The van der Waals surface area contributed by atoms with E-state index in [9.17, 15) is 0 Å². The van der Waals surface area contributed by atoms with Crippen molar-refractivity contribution < 1.29 is 0 Å². The van der Waals surface area contributed by atoms with E-state index >= 15 is 0 Å². The fraction of sp³-hybridized carbons (Fsp3) is 0.588. The number of piperidine rings is 1. The molecule has 0 saturated carbocycles. The lowest BCUT2D eigenvalue weighted by Crippen LogP contribution is -2.52. The third-order valence-corrected chi connectivity index (χ3v) is 5.40.